The van der Waals surface area contributed by atoms with Gasteiger partial charge in [0.25, 0.3) is 0 Å². The highest BCUT2D eigenvalue weighted by Gasteiger charge is 2.28. The summed E-state index contributed by atoms with van der Waals surface area (Å²) in [6.07, 6.45) is 6.41. The molecule has 1 aromatic rings. The van der Waals surface area contributed by atoms with Crippen molar-refractivity contribution in [1.82, 2.24) is 25.0 Å². The Balaban J connectivity index is 1.71. The minimum absolute atomic E-state index is 0.463. The third-order valence-corrected chi connectivity index (χ3v) is 5.49. The monoisotopic (exact) mass is 317 g/mol. The number of aromatic nitrogens is 1. The van der Waals surface area contributed by atoms with E-state index in [9.17, 15) is 0 Å². The van der Waals surface area contributed by atoms with E-state index in [0.717, 1.165) is 32.7 Å². The van der Waals surface area contributed by atoms with Crippen LogP contribution in [0.2, 0.25) is 0 Å². The first-order valence-electron chi connectivity index (χ1n) is 8.97. The molecule has 0 aliphatic carbocycles. The SMILES string of the molecule is CN1CCC(N(C)C(CN2CCNCC2)c2ccncc2)CC1. The van der Waals surface area contributed by atoms with Crippen LogP contribution in [0.1, 0.15) is 24.4 Å². The van der Waals surface area contributed by atoms with Gasteiger partial charge in [-0.3, -0.25) is 14.8 Å². The molecule has 128 valence electrons. The molecule has 3 heterocycles. The zero-order chi connectivity index (χ0) is 16.1. The van der Waals surface area contributed by atoms with E-state index in [4.69, 9.17) is 0 Å². The van der Waals surface area contributed by atoms with E-state index in [1.165, 1.54) is 31.5 Å². The minimum atomic E-state index is 0.463. The molecule has 0 aromatic carbocycles. The van der Waals surface area contributed by atoms with Crippen molar-refractivity contribution in [2.75, 3.05) is 59.9 Å². The molecule has 1 unspecified atom stereocenters. The largest absolute Gasteiger partial charge is 0.314 e. The van der Waals surface area contributed by atoms with Crippen LogP contribution in [0.15, 0.2) is 24.5 Å². The first-order chi connectivity index (χ1) is 11.2. The lowest BCUT2D eigenvalue weighted by atomic mass is 9.98. The van der Waals surface area contributed by atoms with Gasteiger partial charge in [-0.2, -0.15) is 0 Å². The number of hydrogen-bond acceptors (Lipinski definition) is 5. The van der Waals surface area contributed by atoms with E-state index in [2.05, 4.69) is 51.2 Å². The third-order valence-electron chi connectivity index (χ3n) is 5.49. The second kappa shape index (κ2) is 8.20. The summed E-state index contributed by atoms with van der Waals surface area (Å²) in [4.78, 5) is 11.9. The number of nitrogens with zero attached hydrogens (tertiary/aromatic N) is 4. The van der Waals surface area contributed by atoms with Gasteiger partial charge in [-0.05, 0) is 57.7 Å². The zero-order valence-electron chi connectivity index (χ0n) is 14.6. The van der Waals surface area contributed by atoms with Crippen LogP contribution in [0, 0.1) is 0 Å². The standard InChI is InChI=1S/C18H31N5/c1-21-11-5-17(6-12-21)22(2)18(16-3-7-19-8-4-16)15-23-13-9-20-10-14-23/h3-4,7-8,17-18,20H,5-6,9-15H2,1-2H3. The Morgan fingerprint density at radius 1 is 1.17 bits per heavy atom. The van der Waals surface area contributed by atoms with Gasteiger partial charge in [-0.15, -0.1) is 0 Å². The van der Waals surface area contributed by atoms with Crippen molar-refractivity contribution < 1.29 is 0 Å². The predicted octanol–water partition coefficient (Wildman–Crippen LogP) is 1.05. The Hall–Kier alpha value is -1.01. The van der Waals surface area contributed by atoms with E-state index >= 15 is 0 Å². The Morgan fingerprint density at radius 2 is 1.83 bits per heavy atom. The first kappa shape index (κ1) is 16.8. The van der Waals surface area contributed by atoms with Gasteiger partial charge < -0.3 is 10.2 Å². The van der Waals surface area contributed by atoms with Crippen LogP contribution < -0.4 is 5.32 Å². The summed E-state index contributed by atoms with van der Waals surface area (Å²) < 4.78 is 0. The van der Waals surface area contributed by atoms with Crippen LogP contribution in [0.5, 0.6) is 0 Å². The highest BCUT2D eigenvalue weighted by molar-refractivity contribution is 5.16. The zero-order valence-corrected chi connectivity index (χ0v) is 14.6. The topological polar surface area (TPSA) is 34.6 Å². The molecule has 1 N–H and O–H groups in total. The summed E-state index contributed by atoms with van der Waals surface area (Å²) in [6.45, 7) is 8.08. The number of piperazine rings is 1. The number of hydrogen-bond donors (Lipinski definition) is 1. The van der Waals surface area contributed by atoms with Gasteiger partial charge in [0.1, 0.15) is 0 Å². The molecule has 0 amide bonds. The van der Waals surface area contributed by atoms with Gasteiger partial charge in [0, 0.05) is 57.2 Å². The number of likely N-dealkylation sites (N-methyl/N-ethyl adjacent to an activating group) is 1. The average molecular weight is 317 g/mol. The van der Waals surface area contributed by atoms with Gasteiger partial charge >= 0.3 is 0 Å². The third kappa shape index (κ3) is 4.51. The number of piperidine rings is 1. The molecule has 23 heavy (non-hydrogen) atoms. The fourth-order valence-electron chi connectivity index (χ4n) is 3.85. The molecular weight excluding hydrogens is 286 g/mol. The molecule has 0 bridgehead atoms. The Labute approximate surface area is 140 Å². The molecule has 1 aromatic heterocycles. The molecule has 2 fully saturated rings. The van der Waals surface area contributed by atoms with Crippen molar-refractivity contribution in [3.63, 3.8) is 0 Å². The maximum Gasteiger partial charge on any atom is 0.0476 e. The molecule has 1 atom stereocenters. The first-order valence-corrected chi connectivity index (χ1v) is 8.97. The smallest absolute Gasteiger partial charge is 0.0476 e. The van der Waals surface area contributed by atoms with Gasteiger partial charge in [-0.25, -0.2) is 0 Å². The van der Waals surface area contributed by atoms with Crippen LogP contribution in [0.25, 0.3) is 0 Å². The van der Waals surface area contributed by atoms with Crippen LogP contribution >= 0.6 is 0 Å². The van der Waals surface area contributed by atoms with E-state index in [1.54, 1.807) is 0 Å². The number of rotatable bonds is 5. The highest BCUT2D eigenvalue weighted by atomic mass is 15.3. The summed E-state index contributed by atoms with van der Waals surface area (Å²) in [5, 5.41) is 3.45. The summed E-state index contributed by atoms with van der Waals surface area (Å²) in [7, 11) is 4.56. The van der Waals surface area contributed by atoms with Crippen molar-refractivity contribution >= 4 is 0 Å². The van der Waals surface area contributed by atoms with Crippen LogP contribution in [-0.4, -0.2) is 85.6 Å². The minimum Gasteiger partial charge on any atom is -0.314 e. The molecule has 0 saturated carbocycles. The number of pyridine rings is 1. The van der Waals surface area contributed by atoms with Crippen molar-refractivity contribution in [3.05, 3.63) is 30.1 Å². The normalized spacial score (nSPS) is 23.3. The molecule has 0 spiro atoms. The van der Waals surface area contributed by atoms with Gasteiger partial charge in [0.05, 0.1) is 0 Å². The summed E-state index contributed by atoms with van der Waals surface area (Å²) in [5.41, 5.74) is 1.40. The van der Waals surface area contributed by atoms with E-state index in [-0.39, 0.29) is 0 Å². The summed E-state index contributed by atoms with van der Waals surface area (Å²) in [6, 6.07) is 5.54. The molecule has 5 heteroatoms. The fraction of sp³-hybridized carbons (Fsp3) is 0.722. The maximum atomic E-state index is 4.21. The lowest BCUT2D eigenvalue weighted by Gasteiger charge is -2.42. The molecule has 2 aliphatic heterocycles. The Bertz CT molecular complexity index is 452. The lowest BCUT2D eigenvalue weighted by Crippen LogP contribution is -2.49. The second-order valence-electron chi connectivity index (χ2n) is 7.05. The molecule has 2 saturated heterocycles. The molecule has 0 radical (unpaired) electrons. The van der Waals surface area contributed by atoms with E-state index in [0.29, 0.717) is 12.1 Å². The van der Waals surface area contributed by atoms with Crippen LogP contribution in [0.4, 0.5) is 0 Å². The maximum absolute atomic E-state index is 4.21. The van der Waals surface area contributed by atoms with E-state index < -0.39 is 0 Å². The Morgan fingerprint density at radius 3 is 2.48 bits per heavy atom. The molecular formula is C18H31N5. The van der Waals surface area contributed by atoms with Gasteiger partial charge in [-0.1, -0.05) is 0 Å². The number of likely N-dealkylation sites (tertiary alicyclic amines) is 1. The molecule has 3 rings (SSSR count). The second-order valence-corrected chi connectivity index (χ2v) is 7.05. The Kier molecular flexibility index (Phi) is 6.00. The lowest BCUT2D eigenvalue weighted by molar-refractivity contribution is 0.0794. The molecule has 5 nitrogen and oxygen atoms in total. The fourth-order valence-corrected chi connectivity index (χ4v) is 3.85. The van der Waals surface area contributed by atoms with Gasteiger partial charge in [0.15, 0.2) is 0 Å². The van der Waals surface area contributed by atoms with Gasteiger partial charge in [0.2, 0.25) is 0 Å². The summed E-state index contributed by atoms with van der Waals surface area (Å²) >= 11 is 0. The predicted molar refractivity (Wildman–Crippen MR) is 94.6 cm³/mol. The number of nitrogens with one attached hydrogen (secondary N) is 1. The van der Waals surface area contributed by atoms with Crippen molar-refractivity contribution in [3.8, 4) is 0 Å². The van der Waals surface area contributed by atoms with Crippen LogP contribution in [0.3, 0.4) is 0 Å². The quantitative estimate of drug-likeness (QED) is 0.878. The summed E-state index contributed by atoms with van der Waals surface area (Å²) in [5.74, 6) is 0. The average Bonchev–Trinajstić information content (AvgIpc) is 2.61. The highest BCUT2D eigenvalue weighted by Crippen LogP contribution is 2.26. The van der Waals surface area contributed by atoms with Crippen molar-refractivity contribution in [2.45, 2.75) is 24.9 Å². The van der Waals surface area contributed by atoms with Crippen molar-refractivity contribution in [1.29, 1.82) is 0 Å². The van der Waals surface area contributed by atoms with E-state index in [1.807, 2.05) is 12.4 Å². The molecule has 2 aliphatic rings. The van der Waals surface area contributed by atoms with Crippen LogP contribution in [-0.2, 0) is 0 Å². The van der Waals surface area contributed by atoms with Crippen molar-refractivity contribution in [2.24, 2.45) is 0 Å².